The number of nitrogens with one attached hydrogen (secondary N) is 2. The van der Waals surface area contributed by atoms with Gasteiger partial charge in [-0.05, 0) is 49.4 Å². The quantitative estimate of drug-likeness (QED) is 0.785. The molecule has 0 saturated carbocycles. The van der Waals surface area contributed by atoms with Gasteiger partial charge in [-0.15, -0.1) is 0 Å². The lowest BCUT2D eigenvalue weighted by atomic mass is 10.2. The highest BCUT2D eigenvalue weighted by atomic mass is 35.5. The van der Waals surface area contributed by atoms with Gasteiger partial charge >= 0.3 is 0 Å². The van der Waals surface area contributed by atoms with E-state index in [4.69, 9.17) is 27.9 Å². The molecular weight excluding hydrogens is 345 g/mol. The molecule has 126 valence electrons. The Morgan fingerprint density at radius 3 is 2.54 bits per heavy atom. The second kappa shape index (κ2) is 7.69. The van der Waals surface area contributed by atoms with Crippen molar-refractivity contribution in [3.05, 3.63) is 64.4 Å². The number of likely N-dealkylation sites (N-methyl/N-ethyl adjacent to an activating group) is 1. The number of benzene rings is 2. The van der Waals surface area contributed by atoms with E-state index >= 15 is 0 Å². The van der Waals surface area contributed by atoms with Crippen LogP contribution >= 0.6 is 23.2 Å². The predicted octanol–water partition coefficient (Wildman–Crippen LogP) is 4.60. The lowest BCUT2D eigenvalue weighted by Crippen LogP contribution is -2.29. The van der Waals surface area contributed by atoms with E-state index in [0.717, 1.165) is 31.1 Å². The van der Waals surface area contributed by atoms with Crippen LogP contribution in [0.2, 0.25) is 10.0 Å². The molecule has 1 aliphatic heterocycles. The van der Waals surface area contributed by atoms with E-state index in [1.54, 1.807) is 12.1 Å². The molecule has 0 atom stereocenters. The Kier molecular flexibility index (Phi) is 5.38. The average Bonchev–Trinajstić information content (AvgIpc) is 3.09. The first-order valence-electron chi connectivity index (χ1n) is 7.80. The minimum atomic E-state index is 0.576. The Morgan fingerprint density at radius 1 is 1.12 bits per heavy atom. The number of anilines is 1. The van der Waals surface area contributed by atoms with Crippen LogP contribution in [0.1, 0.15) is 6.92 Å². The summed E-state index contributed by atoms with van der Waals surface area (Å²) in [5.41, 5.74) is 2.22. The Morgan fingerprint density at radius 2 is 1.92 bits per heavy atom. The smallest absolute Gasteiger partial charge is 0.146 e. The molecule has 3 rings (SSSR count). The van der Waals surface area contributed by atoms with Gasteiger partial charge in [-0.3, -0.25) is 0 Å². The van der Waals surface area contributed by atoms with Gasteiger partial charge in [-0.25, -0.2) is 0 Å². The monoisotopic (exact) mass is 363 g/mol. The minimum absolute atomic E-state index is 0.576. The summed E-state index contributed by atoms with van der Waals surface area (Å²) in [5.74, 6) is 1.33. The van der Waals surface area contributed by atoms with Crippen LogP contribution in [-0.4, -0.2) is 19.8 Å². The zero-order valence-electron chi connectivity index (χ0n) is 13.4. The van der Waals surface area contributed by atoms with Crippen LogP contribution in [0.3, 0.4) is 0 Å². The van der Waals surface area contributed by atoms with E-state index in [2.05, 4.69) is 22.5 Å². The van der Waals surface area contributed by atoms with Crippen molar-refractivity contribution in [1.29, 1.82) is 0 Å². The van der Waals surface area contributed by atoms with Crippen LogP contribution in [0.4, 0.5) is 5.69 Å². The first kappa shape index (κ1) is 16.8. The van der Waals surface area contributed by atoms with Crippen LogP contribution in [0.5, 0.6) is 11.5 Å². The number of halogens is 2. The largest absolute Gasteiger partial charge is 0.456 e. The van der Waals surface area contributed by atoms with Crippen molar-refractivity contribution in [1.82, 2.24) is 10.6 Å². The second-order valence-electron chi connectivity index (χ2n) is 5.41. The summed E-state index contributed by atoms with van der Waals surface area (Å²) in [6.07, 6.45) is 2.00. The van der Waals surface area contributed by atoms with Crippen molar-refractivity contribution in [2.75, 3.05) is 24.7 Å². The summed E-state index contributed by atoms with van der Waals surface area (Å²) in [7, 11) is 0. The number of ether oxygens (including phenoxy) is 1. The number of nitrogens with zero attached hydrogens (tertiary/aromatic N) is 1. The topological polar surface area (TPSA) is 36.5 Å². The molecule has 4 nitrogen and oxygen atoms in total. The van der Waals surface area contributed by atoms with Crippen molar-refractivity contribution < 1.29 is 4.74 Å². The molecule has 0 aliphatic carbocycles. The summed E-state index contributed by atoms with van der Waals surface area (Å²) < 4.78 is 5.82. The minimum Gasteiger partial charge on any atom is -0.456 e. The Balaban J connectivity index is 1.74. The van der Waals surface area contributed by atoms with Crippen molar-refractivity contribution in [2.24, 2.45) is 0 Å². The first-order chi connectivity index (χ1) is 11.7. The second-order valence-corrected chi connectivity index (χ2v) is 6.26. The van der Waals surface area contributed by atoms with E-state index in [-0.39, 0.29) is 0 Å². The highest BCUT2D eigenvalue weighted by Gasteiger charge is 2.12. The van der Waals surface area contributed by atoms with Gasteiger partial charge in [0.1, 0.15) is 11.5 Å². The van der Waals surface area contributed by atoms with Crippen LogP contribution in [0.25, 0.3) is 0 Å². The van der Waals surface area contributed by atoms with E-state index in [9.17, 15) is 0 Å². The third-order valence-electron chi connectivity index (χ3n) is 3.76. The van der Waals surface area contributed by atoms with Crippen LogP contribution in [-0.2, 0) is 0 Å². The standard InChI is InChI=1S/C18H19Cl2N3O/c1-2-23(11-14-10-21-12-22-14)15-5-8-18(17(20)9-15)24-16-6-3-13(19)4-7-16/h3-10,21-22H,2,11-12H2,1H3. The van der Waals surface area contributed by atoms with Crippen LogP contribution in [0.15, 0.2) is 54.4 Å². The molecule has 0 saturated heterocycles. The van der Waals surface area contributed by atoms with Crippen molar-refractivity contribution in [3.63, 3.8) is 0 Å². The van der Waals surface area contributed by atoms with E-state index in [1.165, 1.54) is 0 Å². The average molecular weight is 364 g/mol. The normalized spacial score (nSPS) is 13.0. The highest BCUT2D eigenvalue weighted by Crippen LogP contribution is 2.33. The number of hydrogen-bond donors (Lipinski definition) is 2. The third kappa shape index (κ3) is 4.08. The maximum Gasteiger partial charge on any atom is 0.146 e. The molecule has 1 heterocycles. The molecular formula is C18H19Cl2N3O. The summed E-state index contributed by atoms with van der Waals surface area (Å²) in [6.45, 7) is 4.58. The van der Waals surface area contributed by atoms with E-state index in [0.29, 0.717) is 21.5 Å². The molecule has 0 aromatic heterocycles. The summed E-state index contributed by atoms with van der Waals surface area (Å²) >= 11 is 12.3. The Bertz CT molecular complexity index is 732. The van der Waals surface area contributed by atoms with Crippen molar-refractivity contribution in [2.45, 2.75) is 6.92 Å². The molecule has 0 unspecified atom stereocenters. The number of rotatable bonds is 6. The highest BCUT2D eigenvalue weighted by molar-refractivity contribution is 6.32. The molecule has 0 radical (unpaired) electrons. The van der Waals surface area contributed by atoms with Gasteiger partial charge < -0.3 is 20.3 Å². The fraction of sp³-hybridized carbons (Fsp3) is 0.222. The Labute approximate surface area is 152 Å². The SMILES string of the molecule is CCN(CC1=CNCN1)c1ccc(Oc2ccc(Cl)cc2)c(Cl)c1. The predicted molar refractivity (Wildman–Crippen MR) is 100 cm³/mol. The molecule has 0 spiro atoms. The molecule has 0 amide bonds. The van der Waals surface area contributed by atoms with E-state index in [1.807, 2.05) is 36.5 Å². The van der Waals surface area contributed by atoms with Gasteiger partial charge in [0, 0.05) is 29.2 Å². The lowest BCUT2D eigenvalue weighted by Gasteiger charge is -2.24. The van der Waals surface area contributed by atoms with Gasteiger partial charge in [0.15, 0.2) is 0 Å². The molecule has 2 N–H and O–H groups in total. The Hall–Kier alpha value is -2.04. The number of hydrogen-bond acceptors (Lipinski definition) is 4. The van der Waals surface area contributed by atoms with Crippen molar-refractivity contribution >= 4 is 28.9 Å². The zero-order valence-corrected chi connectivity index (χ0v) is 14.9. The maximum atomic E-state index is 6.41. The van der Waals surface area contributed by atoms with Gasteiger partial charge in [0.2, 0.25) is 0 Å². The third-order valence-corrected chi connectivity index (χ3v) is 4.31. The molecule has 24 heavy (non-hydrogen) atoms. The molecule has 1 aliphatic rings. The molecule has 2 aromatic rings. The molecule has 0 bridgehead atoms. The van der Waals surface area contributed by atoms with Crippen LogP contribution < -0.4 is 20.3 Å². The summed E-state index contributed by atoms with van der Waals surface area (Å²) in [4.78, 5) is 2.24. The summed E-state index contributed by atoms with van der Waals surface area (Å²) in [6, 6.07) is 13.0. The summed E-state index contributed by atoms with van der Waals surface area (Å²) in [5, 5.41) is 7.69. The molecule has 0 fully saturated rings. The molecule has 6 heteroatoms. The first-order valence-corrected chi connectivity index (χ1v) is 8.55. The maximum absolute atomic E-state index is 6.41. The van der Waals surface area contributed by atoms with Crippen LogP contribution in [0, 0.1) is 0 Å². The fourth-order valence-electron chi connectivity index (χ4n) is 2.48. The van der Waals surface area contributed by atoms with Crippen molar-refractivity contribution in [3.8, 4) is 11.5 Å². The molecule has 2 aromatic carbocycles. The lowest BCUT2D eigenvalue weighted by molar-refractivity contribution is 0.483. The zero-order chi connectivity index (χ0) is 16.9. The van der Waals surface area contributed by atoms with E-state index < -0.39 is 0 Å². The van der Waals surface area contributed by atoms with Gasteiger partial charge in [-0.1, -0.05) is 23.2 Å². The fourth-order valence-corrected chi connectivity index (χ4v) is 2.82. The van der Waals surface area contributed by atoms with Gasteiger partial charge in [-0.2, -0.15) is 0 Å². The van der Waals surface area contributed by atoms with Gasteiger partial charge in [0.05, 0.1) is 18.2 Å². The van der Waals surface area contributed by atoms with Gasteiger partial charge in [0.25, 0.3) is 0 Å².